The van der Waals surface area contributed by atoms with E-state index < -0.39 is 0 Å². The van der Waals surface area contributed by atoms with Gasteiger partial charge in [-0.05, 0) is 25.3 Å². The largest absolute Gasteiger partial charge is 0.352 e. The minimum atomic E-state index is 0.102. The summed E-state index contributed by atoms with van der Waals surface area (Å²) in [7, 11) is 0. The molecule has 0 aliphatic carbocycles. The van der Waals surface area contributed by atoms with Crippen molar-refractivity contribution in [1.29, 1.82) is 0 Å². The molecular formula is C13H26N2O. The highest BCUT2D eigenvalue weighted by molar-refractivity contribution is 5.78. The third kappa shape index (κ3) is 4.52. The van der Waals surface area contributed by atoms with Crippen LogP contribution in [-0.4, -0.2) is 36.5 Å². The molecule has 1 aliphatic rings. The van der Waals surface area contributed by atoms with Crippen molar-refractivity contribution in [2.75, 3.05) is 19.6 Å². The fourth-order valence-corrected chi connectivity index (χ4v) is 1.96. The molecule has 0 aromatic heterocycles. The second-order valence-corrected chi connectivity index (χ2v) is 5.63. The number of nitrogens with zero attached hydrogens (tertiary/aromatic N) is 1. The normalized spacial score (nSPS) is 22.0. The molecule has 1 aliphatic heterocycles. The van der Waals surface area contributed by atoms with Gasteiger partial charge >= 0.3 is 0 Å². The van der Waals surface area contributed by atoms with Crippen LogP contribution in [0.15, 0.2) is 0 Å². The SMILES string of the molecule is CC(C)CCN1CC[C@@H](NC(=O)C(C)C)C1. The maximum Gasteiger partial charge on any atom is 0.222 e. The van der Waals surface area contributed by atoms with Gasteiger partial charge in [-0.2, -0.15) is 0 Å². The Hall–Kier alpha value is -0.570. The Morgan fingerprint density at radius 2 is 2.06 bits per heavy atom. The minimum Gasteiger partial charge on any atom is -0.352 e. The maximum absolute atomic E-state index is 11.5. The molecule has 1 rings (SSSR count). The van der Waals surface area contributed by atoms with Gasteiger partial charge in [-0.15, -0.1) is 0 Å². The van der Waals surface area contributed by atoms with Crippen LogP contribution < -0.4 is 5.32 Å². The summed E-state index contributed by atoms with van der Waals surface area (Å²) < 4.78 is 0. The van der Waals surface area contributed by atoms with Crippen LogP contribution in [-0.2, 0) is 4.79 Å². The fourth-order valence-electron chi connectivity index (χ4n) is 1.96. The van der Waals surface area contributed by atoms with Crippen molar-refractivity contribution in [3.05, 3.63) is 0 Å². The van der Waals surface area contributed by atoms with Crippen molar-refractivity contribution < 1.29 is 4.79 Å². The van der Waals surface area contributed by atoms with Crippen molar-refractivity contribution >= 4 is 5.91 Å². The van der Waals surface area contributed by atoms with Gasteiger partial charge in [0, 0.05) is 25.0 Å². The third-order valence-electron chi connectivity index (χ3n) is 3.17. The van der Waals surface area contributed by atoms with E-state index in [1.54, 1.807) is 0 Å². The molecule has 0 bridgehead atoms. The highest BCUT2D eigenvalue weighted by Gasteiger charge is 2.24. The minimum absolute atomic E-state index is 0.102. The molecule has 1 saturated heterocycles. The molecule has 0 spiro atoms. The Labute approximate surface area is 99.6 Å². The molecule has 0 aromatic carbocycles. The number of carbonyl (C=O) groups is 1. The summed E-state index contributed by atoms with van der Waals surface area (Å²) in [4.78, 5) is 14.0. The topological polar surface area (TPSA) is 32.3 Å². The second-order valence-electron chi connectivity index (χ2n) is 5.63. The molecule has 16 heavy (non-hydrogen) atoms. The van der Waals surface area contributed by atoms with Gasteiger partial charge in [0.05, 0.1) is 0 Å². The number of rotatable bonds is 5. The van der Waals surface area contributed by atoms with Crippen molar-refractivity contribution in [2.24, 2.45) is 11.8 Å². The molecular weight excluding hydrogens is 200 g/mol. The van der Waals surface area contributed by atoms with Gasteiger partial charge in [0.25, 0.3) is 0 Å². The highest BCUT2D eigenvalue weighted by Crippen LogP contribution is 2.12. The number of carbonyl (C=O) groups excluding carboxylic acids is 1. The van der Waals surface area contributed by atoms with Crippen molar-refractivity contribution in [2.45, 2.75) is 46.6 Å². The third-order valence-corrected chi connectivity index (χ3v) is 3.17. The van der Waals surface area contributed by atoms with E-state index in [1.807, 2.05) is 13.8 Å². The molecule has 1 fully saturated rings. The molecule has 1 amide bonds. The Balaban J connectivity index is 2.22. The zero-order valence-electron chi connectivity index (χ0n) is 11.1. The van der Waals surface area contributed by atoms with Crippen LogP contribution in [0.4, 0.5) is 0 Å². The van der Waals surface area contributed by atoms with Crippen LogP contribution >= 0.6 is 0 Å². The van der Waals surface area contributed by atoms with E-state index in [4.69, 9.17) is 0 Å². The molecule has 94 valence electrons. The van der Waals surface area contributed by atoms with E-state index in [9.17, 15) is 4.79 Å². The summed E-state index contributed by atoms with van der Waals surface area (Å²) >= 11 is 0. The lowest BCUT2D eigenvalue weighted by Crippen LogP contribution is -2.39. The molecule has 0 saturated carbocycles. The lowest BCUT2D eigenvalue weighted by atomic mass is 10.1. The Morgan fingerprint density at radius 1 is 1.38 bits per heavy atom. The molecule has 1 N–H and O–H groups in total. The Kier molecular flexibility index (Phi) is 5.26. The molecule has 1 atom stereocenters. The molecule has 0 aromatic rings. The zero-order valence-corrected chi connectivity index (χ0v) is 11.1. The van der Waals surface area contributed by atoms with Crippen molar-refractivity contribution in [3.63, 3.8) is 0 Å². The second kappa shape index (κ2) is 6.24. The van der Waals surface area contributed by atoms with Crippen LogP contribution in [0.1, 0.15) is 40.5 Å². The first-order valence-electron chi connectivity index (χ1n) is 6.51. The first-order chi connectivity index (χ1) is 7.49. The number of nitrogens with one attached hydrogen (secondary N) is 1. The van der Waals surface area contributed by atoms with Crippen LogP contribution in [0.3, 0.4) is 0 Å². The zero-order chi connectivity index (χ0) is 12.1. The van der Waals surface area contributed by atoms with Gasteiger partial charge in [-0.3, -0.25) is 4.79 Å². The predicted octanol–water partition coefficient (Wildman–Crippen LogP) is 1.88. The lowest BCUT2D eigenvalue weighted by molar-refractivity contribution is -0.124. The molecule has 0 radical (unpaired) electrons. The maximum atomic E-state index is 11.5. The number of hydrogen-bond donors (Lipinski definition) is 1. The monoisotopic (exact) mass is 226 g/mol. The first kappa shape index (κ1) is 13.5. The Morgan fingerprint density at radius 3 is 2.62 bits per heavy atom. The summed E-state index contributed by atoms with van der Waals surface area (Å²) in [6.07, 6.45) is 2.36. The smallest absolute Gasteiger partial charge is 0.222 e. The van der Waals surface area contributed by atoms with Gasteiger partial charge < -0.3 is 10.2 Å². The summed E-state index contributed by atoms with van der Waals surface area (Å²) in [5, 5.41) is 3.12. The predicted molar refractivity (Wildman–Crippen MR) is 67.3 cm³/mol. The van der Waals surface area contributed by atoms with Crippen molar-refractivity contribution in [1.82, 2.24) is 10.2 Å². The van der Waals surface area contributed by atoms with Gasteiger partial charge in [-0.25, -0.2) is 0 Å². The van der Waals surface area contributed by atoms with Crippen LogP contribution in [0.25, 0.3) is 0 Å². The van der Waals surface area contributed by atoms with Crippen LogP contribution in [0, 0.1) is 11.8 Å². The first-order valence-corrected chi connectivity index (χ1v) is 6.51. The quantitative estimate of drug-likeness (QED) is 0.776. The lowest BCUT2D eigenvalue weighted by Gasteiger charge is -2.18. The highest BCUT2D eigenvalue weighted by atomic mass is 16.1. The fraction of sp³-hybridized carbons (Fsp3) is 0.923. The van der Waals surface area contributed by atoms with E-state index in [-0.39, 0.29) is 11.8 Å². The van der Waals surface area contributed by atoms with Crippen molar-refractivity contribution in [3.8, 4) is 0 Å². The number of hydrogen-bond acceptors (Lipinski definition) is 2. The molecule has 3 nitrogen and oxygen atoms in total. The van der Waals surface area contributed by atoms with Crippen LogP contribution in [0.2, 0.25) is 0 Å². The average molecular weight is 226 g/mol. The van der Waals surface area contributed by atoms with E-state index in [1.165, 1.54) is 13.0 Å². The van der Waals surface area contributed by atoms with E-state index in [0.29, 0.717) is 6.04 Å². The number of amides is 1. The van der Waals surface area contributed by atoms with Gasteiger partial charge in [0.2, 0.25) is 5.91 Å². The molecule has 3 heteroatoms. The summed E-state index contributed by atoms with van der Waals surface area (Å²) in [5.74, 6) is 1.06. The Bertz CT molecular complexity index is 226. The molecule has 0 unspecified atom stereocenters. The van der Waals surface area contributed by atoms with Gasteiger partial charge in [0.1, 0.15) is 0 Å². The standard InChI is InChI=1S/C13H26N2O/c1-10(2)5-7-15-8-6-12(9-15)14-13(16)11(3)4/h10-12H,5-9H2,1-4H3,(H,14,16)/t12-/m1/s1. The summed E-state index contributed by atoms with van der Waals surface area (Å²) in [6.45, 7) is 11.7. The van der Waals surface area contributed by atoms with Gasteiger partial charge in [0.15, 0.2) is 0 Å². The van der Waals surface area contributed by atoms with Gasteiger partial charge in [-0.1, -0.05) is 27.7 Å². The van der Waals surface area contributed by atoms with E-state index >= 15 is 0 Å². The summed E-state index contributed by atoms with van der Waals surface area (Å²) in [6, 6.07) is 0.377. The average Bonchev–Trinajstić information content (AvgIpc) is 2.62. The summed E-state index contributed by atoms with van der Waals surface area (Å²) in [5.41, 5.74) is 0. The van der Waals surface area contributed by atoms with E-state index in [0.717, 1.165) is 25.4 Å². The number of likely N-dealkylation sites (tertiary alicyclic amines) is 1. The molecule has 1 heterocycles. The van der Waals surface area contributed by atoms with E-state index in [2.05, 4.69) is 24.1 Å². The van der Waals surface area contributed by atoms with Crippen LogP contribution in [0.5, 0.6) is 0 Å².